The maximum atomic E-state index is 10.6. The summed E-state index contributed by atoms with van der Waals surface area (Å²) in [6.45, 7) is 8.70. The van der Waals surface area contributed by atoms with Crippen LogP contribution in [0.15, 0.2) is 23.5 Å². The van der Waals surface area contributed by atoms with Gasteiger partial charge in [-0.3, -0.25) is 9.88 Å². The first-order chi connectivity index (χ1) is 13.5. The van der Waals surface area contributed by atoms with Gasteiger partial charge in [-0.2, -0.15) is 0 Å². The quantitative estimate of drug-likeness (QED) is 0.875. The molecule has 0 spiro atoms. The number of phenols is 1. The lowest BCUT2D eigenvalue weighted by atomic mass is 10.0. The van der Waals surface area contributed by atoms with Crippen LogP contribution in [-0.4, -0.2) is 51.5 Å². The van der Waals surface area contributed by atoms with Crippen molar-refractivity contribution in [2.24, 2.45) is 5.16 Å². The van der Waals surface area contributed by atoms with Gasteiger partial charge in [0.05, 0.1) is 22.8 Å². The van der Waals surface area contributed by atoms with Crippen LogP contribution in [0.1, 0.15) is 36.7 Å². The Morgan fingerprint density at radius 2 is 2.14 bits per heavy atom. The largest absolute Gasteiger partial charge is 0.504 e. The van der Waals surface area contributed by atoms with E-state index in [9.17, 15) is 5.11 Å². The van der Waals surface area contributed by atoms with Crippen LogP contribution in [0.3, 0.4) is 0 Å². The molecule has 4 rings (SSSR count). The van der Waals surface area contributed by atoms with E-state index in [2.05, 4.69) is 26.9 Å². The Labute approximate surface area is 165 Å². The first-order valence-electron chi connectivity index (χ1n) is 9.76. The predicted octanol–water partition coefficient (Wildman–Crippen LogP) is 3.22. The average Bonchev–Trinajstić information content (AvgIpc) is 3.02. The fourth-order valence-electron chi connectivity index (χ4n) is 3.74. The van der Waals surface area contributed by atoms with E-state index in [0.29, 0.717) is 18.9 Å². The first kappa shape index (κ1) is 18.7. The summed E-state index contributed by atoms with van der Waals surface area (Å²) in [6, 6.07) is 3.76. The SMILES string of the molecule is CCC1=NO[C@@H](CN2CCOc3c(O)cc(-c4nc(C)cnc4C)cc3C2)C1. The van der Waals surface area contributed by atoms with Gasteiger partial charge >= 0.3 is 0 Å². The smallest absolute Gasteiger partial charge is 0.165 e. The van der Waals surface area contributed by atoms with Crippen LogP contribution < -0.4 is 4.74 Å². The molecular weight excluding hydrogens is 356 g/mol. The predicted molar refractivity (Wildman–Crippen MR) is 107 cm³/mol. The van der Waals surface area contributed by atoms with Crippen molar-refractivity contribution in [1.29, 1.82) is 0 Å². The monoisotopic (exact) mass is 382 g/mol. The molecule has 2 aliphatic heterocycles. The van der Waals surface area contributed by atoms with E-state index in [1.54, 1.807) is 12.3 Å². The van der Waals surface area contributed by atoms with Gasteiger partial charge in [-0.1, -0.05) is 12.1 Å². The van der Waals surface area contributed by atoms with Gasteiger partial charge < -0.3 is 14.7 Å². The number of hydrogen-bond donors (Lipinski definition) is 1. The lowest BCUT2D eigenvalue weighted by molar-refractivity contribution is 0.0489. The fourth-order valence-corrected chi connectivity index (χ4v) is 3.74. The minimum Gasteiger partial charge on any atom is -0.504 e. The van der Waals surface area contributed by atoms with E-state index in [4.69, 9.17) is 9.57 Å². The molecule has 1 aromatic heterocycles. The summed E-state index contributed by atoms with van der Waals surface area (Å²) in [4.78, 5) is 16.9. The molecule has 0 unspecified atom stereocenters. The first-order valence-corrected chi connectivity index (χ1v) is 9.76. The number of phenolic OH excluding ortho intramolecular Hbond substituents is 1. The molecule has 2 aliphatic rings. The number of aromatic nitrogens is 2. The lowest BCUT2D eigenvalue weighted by Gasteiger charge is -2.22. The molecule has 7 heteroatoms. The number of ether oxygens (including phenoxy) is 1. The van der Waals surface area contributed by atoms with Crippen LogP contribution >= 0.6 is 0 Å². The number of fused-ring (bicyclic) bond motifs is 1. The Bertz CT molecular complexity index is 913. The average molecular weight is 382 g/mol. The standard InChI is InChI=1S/C21H26N4O3/c1-4-17-9-18(28-24-17)12-25-5-6-27-21-16(11-25)7-15(8-19(21)26)20-14(3)22-10-13(2)23-20/h7-8,10,18,26H,4-6,9,11-12H2,1-3H3/t18-/m1/s1. The molecule has 148 valence electrons. The van der Waals surface area contributed by atoms with Crippen molar-refractivity contribution < 1.29 is 14.7 Å². The molecule has 0 bridgehead atoms. The molecule has 3 heterocycles. The van der Waals surface area contributed by atoms with Crippen molar-refractivity contribution in [3.05, 3.63) is 35.3 Å². The van der Waals surface area contributed by atoms with E-state index in [1.807, 2.05) is 19.9 Å². The van der Waals surface area contributed by atoms with Gasteiger partial charge in [-0.05, 0) is 32.4 Å². The lowest BCUT2D eigenvalue weighted by Crippen LogP contribution is -2.33. The third-order valence-corrected chi connectivity index (χ3v) is 5.21. The summed E-state index contributed by atoms with van der Waals surface area (Å²) in [5.74, 6) is 0.702. The summed E-state index contributed by atoms with van der Waals surface area (Å²) < 4.78 is 5.86. The second kappa shape index (κ2) is 7.75. The Morgan fingerprint density at radius 3 is 2.93 bits per heavy atom. The number of aromatic hydroxyl groups is 1. The normalized spacial score (nSPS) is 19.4. The third-order valence-electron chi connectivity index (χ3n) is 5.21. The Balaban J connectivity index is 1.59. The molecule has 1 aromatic carbocycles. The number of oxime groups is 1. The molecule has 7 nitrogen and oxygen atoms in total. The van der Waals surface area contributed by atoms with E-state index in [-0.39, 0.29) is 11.9 Å². The van der Waals surface area contributed by atoms with Gasteiger partial charge in [0, 0.05) is 43.4 Å². The number of rotatable bonds is 4. The van der Waals surface area contributed by atoms with Crippen molar-refractivity contribution in [1.82, 2.24) is 14.9 Å². The molecule has 1 N–H and O–H groups in total. The van der Waals surface area contributed by atoms with Crippen LogP contribution in [0.4, 0.5) is 0 Å². The van der Waals surface area contributed by atoms with Gasteiger partial charge in [0.15, 0.2) is 11.5 Å². The molecule has 1 atom stereocenters. The topological polar surface area (TPSA) is 80.1 Å². The molecule has 2 aromatic rings. The highest BCUT2D eigenvalue weighted by molar-refractivity contribution is 5.85. The van der Waals surface area contributed by atoms with Gasteiger partial charge in [0.1, 0.15) is 12.7 Å². The minimum atomic E-state index is 0.0816. The molecular formula is C21H26N4O3. The van der Waals surface area contributed by atoms with E-state index < -0.39 is 0 Å². The summed E-state index contributed by atoms with van der Waals surface area (Å²) >= 11 is 0. The van der Waals surface area contributed by atoms with E-state index >= 15 is 0 Å². The molecule has 0 amide bonds. The zero-order chi connectivity index (χ0) is 19.7. The molecule has 28 heavy (non-hydrogen) atoms. The van der Waals surface area contributed by atoms with Crippen molar-refractivity contribution in [2.45, 2.75) is 46.3 Å². The molecule has 0 aliphatic carbocycles. The van der Waals surface area contributed by atoms with Crippen LogP contribution in [0.2, 0.25) is 0 Å². The van der Waals surface area contributed by atoms with Crippen molar-refractivity contribution in [3.63, 3.8) is 0 Å². The second-order valence-electron chi connectivity index (χ2n) is 7.46. The van der Waals surface area contributed by atoms with Gasteiger partial charge in [-0.25, -0.2) is 4.98 Å². The van der Waals surface area contributed by atoms with Crippen LogP contribution in [-0.2, 0) is 11.4 Å². The van der Waals surface area contributed by atoms with Crippen molar-refractivity contribution in [2.75, 3.05) is 19.7 Å². The van der Waals surface area contributed by atoms with Crippen molar-refractivity contribution in [3.8, 4) is 22.8 Å². The summed E-state index contributed by atoms with van der Waals surface area (Å²) in [7, 11) is 0. The maximum absolute atomic E-state index is 10.6. The van der Waals surface area contributed by atoms with Gasteiger partial charge in [0.25, 0.3) is 0 Å². The van der Waals surface area contributed by atoms with Crippen molar-refractivity contribution >= 4 is 5.71 Å². The zero-order valence-electron chi connectivity index (χ0n) is 16.6. The van der Waals surface area contributed by atoms with Crippen LogP contribution in [0.5, 0.6) is 11.5 Å². The number of nitrogens with zero attached hydrogens (tertiary/aromatic N) is 4. The number of aryl methyl sites for hydroxylation is 2. The van der Waals surface area contributed by atoms with E-state index in [0.717, 1.165) is 59.9 Å². The van der Waals surface area contributed by atoms with Gasteiger partial charge in [-0.15, -0.1) is 0 Å². The van der Waals surface area contributed by atoms with Crippen LogP contribution in [0.25, 0.3) is 11.3 Å². The Morgan fingerprint density at radius 1 is 1.29 bits per heavy atom. The maximum Gasteiger partial charge on any atom is 0.165 e. The Hall–Kier alpha value is -2.67. The molecule has 0 fully saturated rings. The molecule has 0 radical (unpaired) electrons. The summed E-state index contributed by atoms with van der Waals surface area (Å²) in [5, 5.41) is 14.7. The minimum absolute atomic E-state index is 0.0816. The highest BCUT2D eigenvalue weighted by Crippen LogP contribution is 2.37. The van der Waals surface area contributed by atoms with Gasteiger partial charge in [0.2, 0.25) is 0 Å². The zero-order valence-corrected chi connectivity index (χ0v) is 16.6. The van der Waals surface area contributed by atoms with E-state index in [1.165, 1.54) is 0 Å². The molecule has 0 saturated heterocycles. The number of hydrogen-bond acceptors (Lipinski definition) is 7. The number of benzene rings is 1. The highest BCUT2D eigenvalue weighted by atomic mass is 16.6. The molecule has 0 saturated carbocycles. The highest BCUT2D eigenvalue weighted by Gasteiger charge is 2.26. The van der Waals surface area contributed by atoms with Crippen LogP contribution in [0, 0.1) is 13.8 Å². The summed E-state index contributed by atoms with van der Waals surface area (Å²) in [5.41, 5.74) is 5.38. The fraction of sp³-hybridized carbons (Fsp3) is 0.476. The summed E-state index contributed by atoms with van der Waals surface area (Å²) in [6.07, 6.45) is 3.64. The third kappa shape index (κ3) is 3.80. The Kier molecular flexibility index (Phi) is 5.17. The second-order valence-corrected chi connectivity index (χ2v) is 7.46.